The smallest absolute Gasteiger partial charge is 0.326 e. The molecule has 1 rings (SSSR count). The average molecular weight is 173 g/mol. The summed E-state index contributed by atoms with van der Waals surface area (Å²) in [5.74, 6) is -0.372. The molecular weight excluding hydrogens is 158 g/mol. The Balaban J connectivity index is 2.63. The fraction of sp³-hybridized carbons (Fsp3) is 0.875. The lowest BCUT2D eigenvalue weighted by Crippen LogP contribution is -2.52. The number of hydrogen-bond donors (Lipinski definition) is 3. The van der Waals surface area contributed by atoms with Crippen LogP contribution in [-0.2, 0) is 4.79 Å². The van der Waals surface area contributed by atoms with Crippen LogP contribution in [0.25, 0.3) is 0 Å². The Morgan fingerprint density at radius 1 is 1.50 bits per heavy atom. The highest BCUT2D eigenvalue weighted by Gasteiger charge is 2.40. The Kier molecular flexibility index (Phi) is 2.69. The number of hydroxylamine groups is 1. The first kappa shape index (κ1) is 9.48. The molecule has 0 aliphatic heterocycles. The number of rotatable bonds is 2. The van der Waals surface area contributed by atoms with Gasteiger partial charge in [0, 0.05) is 0 Å². The molecule has 0 aromatic heterocycles. The zero-order valence-corrected chi connectivity index (χ0v) is 7.21. The lowest BCUT2D eigenvalue weighted by molar-refractivity contribution is -0.152. The highest BCUT2D eigenvalue weighted by atomic mass is 16.5. The highest BCUT2D eigenvalue weighted by Crippen LogP contribution is 2.31. The maximum Gasteiger partial charge on any atom is 0.326 e. The highest BCUT2D eigenvalue weighted by molar-refractivity contribution is 5.78. The van der Waals surface area contributed by atoms with E-state index >= 15 is 0 Å². The number of nitrogens with one attached hydrogen (secondary N) is 1. The van der Waals surface area contributed by atoms with Crippen molar-refractivity contribution < 1.29 is 15.1 Å². The van der Waals surface area contributed by atoms with Crippen LogP contribution >= 0.6 is 0 Å². The predicted molar refractivity (Wildman–Crippen MR) is 42.9 cm³/mol. The van der Waals surface area contributed by atoms with E-state index in [-0.39, 0.29) is 0 Å². The van der Waals surface area contributed by atoms with Crippen LogP contribution in [0.1, 0.15) is 32.6 Å². The first-order chi connectivity index (χ1) is 5.60. The summed E-state index contributed by atoms with van der Waals surface area (Å²) in [4.78, 5) is 10.8. The molecule has 0 unspecified atom stereocenters. The van der Waals surface area contributed by atoms with Crippen molar-refractivity contribution in [3.05, 3.63) is 0 Å². The van der Waals surface area contributed by atoms with Gasteiger partial charge in [-0.25, -0.2) is 0 Å². The van der Waals surface area contributed by atoms with Gasteiger partial charge in [-0.3, -0.25) is 4.79 Å². The Labute approximate surface area is 71.5 Å². The molecule has 0 radical (unpaired) electrons. The van der Waals surface area contributed by atoms with Gasteiger partial charge in [0.15, 0.2) is 0 Å². The molecule has 0 spiro atoms. The summed E-state index contributed by atoms with van der Waals surface area (Å²) < 4.78 is 0. The van der Waals surface area contributed by atoms with Crippen molar-refractivity contribution >= 4 is 5.97 Å². The fourth-order valence-electron chi connectivity index (χ4n) is 1.63. The summed E-state index contributed by atoms with van der Waals surface area (Å²) in [7, 11) is 0. The van der Waals surface area contributed by atoms with Gasteiger partial charge in [-0.05, 0) is 31.6 Å². The number of aliphatic carboxylic acids is 1. The van der Waals surface area contributed by atoms with E-state index in [1.807, 2.05) is 5.48 Å². The fourth-order valence-corrected chi connectivity index (χ4v) is 1.63. The molecule has 1 saturated carbocycles. The molecule has 3 N–H and O–H groups in total. The minimum Gasteiger partial charge on any atom is -0.480 e. The minimum atomic E-state index is -1.08. The molecule has 0 saturated heterocycles. The van der Waals surface area contributed by atoms with Crippen LogP contribution < -0.4 is 5.48 Å². The molecule has 70 valence electrons. The van der Waals surface area contributed by atoms with E-state index < -0.39 is 11.5 Å². The largest absolute Gasteiger partial charge is 0.480 e. The SMILES string of the molecule is CC1CCC(NO)(C(=O)O)CC1. The van der Waals surface area contributed by atoms with Crippen LogP contribution in [0.3, 0.4) is 0 Å². The van der Waals surface area contributed by atoms with Gasteiger partial charge in [0.05, 0.1) is 0 Å². The quantitative estimate of drug-likeness (QED) is 0.545. The molecule has 0 atom stereocenters. The second-order valence-corrected chi connectivity index (χ2v) is 3.68. The molecule has 1 fully saturated rings. The maximum atomic E-state index is 10.8. The second kappa shape index (κ2) is 3.41. The first-order valence-corrected chi connectivity index (χ1v) is 4.25. The van der Waals surface area contributed by atoms with Crippen molar-refractivity contribution in [2.24, 2.45) is 5.92 Å². The van der Waals surface area contributed by atoms with Gasteiger partial charge in [-0.1, -0.05) is 6.92 Å². The van der Waals surface area contributed by atoms with Crippen molar-refractivity contribution in [1.82, 2.24) is 5.48 Å². The number of carbonyl (C=O) groups is 1. The number of hydrogen-bond acceptors (Lipinski definition) is 3. The van der Waals surface area contributed by atoms with E-state index in [4.69, 9.17) is 10.3 Å². The van der Waals surface area contributed by atoms with Gasteiger partial charge in [0.25, 0.3) is 0 Å². The van der Waals surface area contributed by atoms with Crippen molar-refractivity contribution in [3.63, 3.8) is 0 Å². The van der Waals surface area contributed by atoms with Gasteiger partial charge < -0.3 is 10.3 Å². The Bertz CT molecular complexity index is 173. The first-order valence-electron chi connectivity index (χ1n) is 4.25. The molecule has 4 nitrogen and oxygen atoms in total. The monoisotopic (exact) mass is 173 g/mol. The van der Waals surface area contributed by atoms with Crippen molar-refractivity contribution in [3.8, 4) is 0 Å². The zero-order chi connectivity index (χ0) is 9.19. The summed E-state index contributed by atoms with van der Waals surface area (Å²) in [6.45, 7) is 2.10. The van der Waals surface area contributed by atoms with Gasteiger partial charge in [-0.2, -0.15) is 5.48 Å². The number of carboxylic acids is 1. The van der Waals surface area contributed by atoms with Crippen LogP contribution in [0.15, 0.2) is 0 Å². The molecule has 0 aromatic rings. The molecule has 0 heterocycles. The van der Waals surface area contributed by atoms with Crippen LogP contribution in [0.2, 0.25) is 0 Å². The lowest BCUT2D eigenvalue weighted by atomic mass is 9.78. The number of carboxylic acid groups (broad SMARTS) is 1. The molecule has 0 bridgehead atoms. The van der Waals surface area contributed by atoms with Crippen molar-refractivity contribution in [2.75, 3.05) is 0 Å². The summed E-state index contributed by atoms with van der Waals surface area (Å²) in [5, 5.41) is 17.6. The minimum absolute atomic E-state index is 0.514. The lowest BCUT2D eigenvalue weighted by Gasteiger charge is -2.34. The van der Waals surface area contributed by atoms with E-state index in [9.17, 15) is 4.79 Å². The van der Waals surface area contributed by atoms with Crippen molar-refractivity contribution in [2.45, 2.75) is 38.1 Å². The summed E-state index contributed by atoms with van der Waals surface area (Å²) in [6, 6.07) is 0. The molecule has 0 aromatic carbocycles. The third-order valence-corrected chi connectivity index (χ3v) is 2.75. The summed E-state index contributed by atoms with van der Waals surface area (Å²) >= 11 is 0. The summed E-state index contributed by atoms with van der Waals surface area (Å²) in [5.41, 5.74) is 0.861. The van der Waals surface area contributed by atoms with Gasteiger partial charge in [0.2, 0.25) is 0 Å². The third kappa shape index (κ3) is 1.59. The van der Waals surface area contributed by atoms with E-state index in [0.29, 0.717) is 18.8 Å². The molecule has 4 heteroatoms. The predicted octanol–water partition coefficient (Wildman–Crippen LogP) is 0.999. The molecule has 12 heavy (non-hydrogen) atoms. The molecule has 1 aliphatic carbocycles. The molecular formula is C8H15NO3. The standard InChI is InChI=1S/C8H15NO3/c1-6-2-4-8(9-12,5-3-6)7(10)11/h6,9,12H,2-5H2,1H3,(H,10,11). The van der Waals surface area contributed by atoms with Crippen LogP contribution in [0.4, 0.5) is 0 Å². The third-order valence-electron chi connectivity index (χ3n) is 2.75. The van der Waals surface area contributed by atoms with Crippen LogP contribution in [0.5, 0.6) is 0 Å². The summed E-state index contributed by atoms with van der Waals surface area (Å²) in [6.07, 6.45) is 2.75. The van der Waals surface area contributed by atoms with Gasteiger partial charge >= 0.3 is 5.97 Å². The van der Waals surface area contributed by atoms with Crippen LogP contribution in [0, 0.1) is 5.92 Å². The van der Waals surface area contributed by atoms with E-state index in [1.165, 1.54) is 0 Å². The van der Waals surface area contributed by atoms with E-state index in [0.717, 1.165) is 12.8 Å². The normalized spacial score (nSPS) is 36.3. The van der Waals surface area contributed by atoms with Gasteiger partial charge in [-0.15, -0.1) is 0 Å². The van der Waals surface area contributed by atoms with Crippen LogP contribution in [-0.4, -0.2) is 21.8 Å². The Morgan fingerprint density at radius 3 is 2.33 bits per heavy atom. The Morgan fingerprint density at radius 2 is 2.00 bits per heavy atom. The topological polar surface area (TPSA) is 69.6 Å². The molecule has 1 aliphatic rings. The average Bonchev–Trinajstić information content (AvgIpc) is 2.06. The zero-order valence-electron chi connectivity index (χ0n) is 7.21. The van der Waals surface area contributed by atoms with Gasteiger partial charge in [0.1, 0.15) is 5.54 Å². The second-order valence-electron chi connectivity index (χ2n) is 3.68. The molecule has 0 amide bonds. The van der Waals surface area contributed by atoms with Crippen molar-refractivity contribution in [1.29, 1.82) is 0 Å². The Hall–Kier alpha value is -0.610. The van der Waals surface area contributed by atoms with E-state index in [2.05, 4.69) is 6.92 Å². The maximum absolute atomic E-state index is 10.8. The van der Waals surface area contributed by atoms with E-state index in [1.54, 1.807) is 0 Å².